The molecule has 0 spiro atoms. The summed E-state index contributed by atoms with van der Waals surface area (Å²) in [5.74, 6) is 0. The Morgan fingerprint density at radius 3 is 2.52 bits per heavy atom. The fourth-order valence-corrected chi connectivity index (χ4v) is 3.03. The Hall–Kier alpha value is -1.70. The number of nitrogens with zero attached hydrogens (tertiary/aromatic N) is 1. The number of ether oxygens (including phenoxy) is 1. The highest BCUT2D eigenvalue weighted by atomic mass is 32.2. The van der Waals surface area contributed by atoms with Crippen molar-refractivity contribution in [2.24, 2.45) is 4.99 Å². The minimum Gasteiger partial charge on any atom is -0.444 e. The van der Waals surface area contributed by atoms with E-state index >= 15 is 0 Å². The minimum atomic E-state index is -4.42. The van der Waals surface area contributed by atoms with Crippen molar-refractivity contribution in [3.63, 3.8) is 0 Å². The molecule has 0 radical (unpaired) electrons. The average Bonchev–Trinajstić information content (AvgIpc) is 2.61. The van der Waals surface area contributed by atoms with Crippen molar-refractivity contribution in [1.29, 1.82) is 0 Å². The van der Waals surface area contributed by atoms with Crippen LogP contribution in [0, 0.1) is 0 Å². The van der Waals surface area contributed by atoms with E-state index in [4.69, 9.17) is 4.74 Å². The van der Waals surface area contributed by atoms with Gasteiger partial charge in [-0.2, -0.15) is 13.2 Å². The third kappa shape index (κ3) is 5.66. The second-order valence-electron chi connectivity index (χ2n) is 6.80. The number of fused-ring (bicyclic) bond motifs is 1. The standard InChI is InChI=1S/C17H21F3N2O2S/c1-16(2,3)24-15(23)21-12-8-10-7-11(17(18,19)20)5-6-13(10)22-14(9-12)25-4/h5-7,12H,8-9H2,1-4H3,(H,21,23). The van der Waals surface area contributed by atoms with Gasteiger partial charge in [-0.1, -0.05) is 0 Å². The second kappa shape index (κ2) is 7.27. The first-order valence-corrected chi connectivity index (χ1v) is 9.01. The SMILES string of the molecule is CSC1=Nc2ccc(C(F)(F)F)cc2CC(NC(=O)OC(C)(C)C)C1. The number of carbonyl (C=O) groups excluding carboxylic acids is 1. The van der Waals surface area contributed by atoms with E-state index in [0.717, 1.165) is 17.2 Å². The number of rotatable bonds is 1. The molecule has 2 rings (SSSR count). The maximum Gasteiger partial charge on any atom is 0.416 e. The molecule has 8 heteroatoms. The summed E-state index contributed by atoms with van der Waals surface area (Å²) in [7, 11) is 0. The lowest BCUT2D eigenvalue weighted by Gasteiger charge is -2.23. The van der Waals surface area contributed by atoms with Crippen molar-refractivity contribution < 1.29 is 22.7 Å². The molecule has 0 bridgehead atoms. The number of alkyl carbamates (subject to hydrolysis) is 1. The third-order valence-corrected chi connectivity index (χ3v) is 4.22. The van der Waals surface area contributed by atoms with Crippen LogP contribution in [0.3, 0.4) is 0 Å². The van der Waals surface area contributed by atoms with Crippen molar-refractivity contribution in [1.82, 2.24) is 5.32 Å². The summed E-state index contributed by atoms with van der Waals surface area (Å²) in [5.41, 5.74) is -0.400. The summed E-state index contributed by atoms with van der Waals surface area (Å²) >= 11 is 1.41. The molecule has 1 aromatic rings. The molecule has 0 fully saturated rings. The first-order valence-electron chi connectivity index (χ1n) is 7.79. The number of thioether (sulfide) groups is 1. The summed E-state index contributed by atoms with van der Waals surface area (Å²) in [6.45, 7) is 5.25. The van der Waals surface area contributed by atoms with Gasteiger partial charge in [-0.25, -0.2) is 9.79 Å². The third-order valence-electron chi connectivity index (χ3n) is 3.50. The lowest BCUT2D eigenvalue weighted by atomic mass is 10.0. The van der Waals surface area contributed by atoms with Crippen LogP contribution in [0.4, 0.5) is 23.7 Å². The second-order valence-corrected chi connectivity index (χ2v) is 7.68. The molecule has 0 saturated heterocycles. The summed E-state index contributed by atoms with van der Waals surface area (Å²) < 4.78 is 44.1. The first kappa shape index (κ1) is 19.6. The number of hydrogen-bond acceptors (Lipinski definition) is 4. The van der Waals surface area contributed by atoms with Crippen molar-refractivity contribution >= 4 is 28.6 Å². The highest BCUT2D eigenvalue weighted by molar-refractivity contribution is 8.13. The molecular formula is C17H21F3N2O2S. The van der Waals surface area contributed by atoms with Gasteiger partial charge in [0, 0.05) is 12.5 Å². The Morgan fingerprint density at radius 1 is 1.28 bits per heavy atom. The highest BCUT2D eigenvalue weighted by Crippen LogP contribution is 2.35. The topological polar surface area (TPSA) is 50.7 Å². The quantitative estimate of drug-likeness (QED) is 0.758. The Bertz CT molecular complexity index is 681. The first-order chi connectivity index (χ1) is 11.5. The van der Waals surface area contributed by atoms with Crippen LogP contribution in [0.5, 0.6) is 0 Å². The molecule has 0 aromatic heterocycles. The van der Waals surface area contributed by atoms with Crippen LogP contribution in [0.2, 0.25) is 0 Å². The highest BCUT2D eigenvalue weighted by Gasteiger charge is 2.32. The monoisotopic (exact) mass is 374 g/mol. The van der Waals surface area contributed by atoms with Gasteiger partial charge in [-0.15, -0.1) is 11.8 Å². The van der Waals surface area contributed by atoms with Crippen LogP contribution >= 0.6 is 11.8 Å². The van der Waals surface area contributed by atoms with E-state index in [9.17, 15) is 18.0 Å². The molecule has 0 saturated carbocycles. The zero-order valence-electron chi connectivity index (χ0n) is 14.5. The fraction of sp³-hybridized carbons (Fsp3) is 0.529. The number of aliphatic imine (C=N–C) groups is 1. The predicted octanol–water partition coefficient (Wildman–Crippen LogP) is 4.94. The van der Waals surface area contributed by atoms with Gasteiger partial charge in [-0.05, 0) is 57.2 Å². The molecule has 1 aliphatic heterocycles. The molecular weight excluding hydrogens is 353 g/mol. The summed E-state index contributed by atoms with van der Waals surface area (Å²) in [5, 5.41) is 3.49. The summed E-state index contributed by atoms with van der Waals surface area (Å²) in [6, 6.07) is 3.13. The van der Waals surface area contributed by atoms with Gasteiger partial charge in [0.1, 0.15) is 5.60 Å². The van der Waals surface area contributed by atoms with Crippen LogP contribution in [0.25, 0.3) is 0 Å². The van der Waals surface area contributed by atoms with E-state index in [1.165, 1.54) is 17.8 Å². The van der Waals surface area contributed by atoms with Gasteiger partial charge in [0.25, 0.3) is 0 Å². The van der Waals surface area contributed by atoms with Crippen molar-refractivity contribution in [3.8, 4) is 0 Å². The normalized spacial score (nSPS) is 18.0. The lowest BCUT2D eigenvalue weighted by molar-refractivity contribution is -0.137. The Labute approximate surface area is 149 Å². The number of benzene rings is 1. The van der Waals surface area contributed by atoms with Gasteiger partial charge in [-0.3, -0.25) is 0 Å². The van der Waals surface area contributed by atoms with Gasteiger partial charge < -0.3 is 10.1 Å². The number of hydrogen-bond donors (Lipinski definition) is 1. The molecule has 1 atom stereocenters. The Kier molecular flexibility index (Phi) is 5.71. The predicted molar refractivity (Wildman–Crippen MR) is 93.5 cm³/mol. The molecule has 4 nitrogen and oxygen atoms in total. The molecule has 1 N–H and O–H groups in total. The van der Waals surface area contributed by atoms with Crippen LogP contribution in [-0.4, -0.2) is 29.0 Å². The number of alkyl halides is 3. The molecule has 1 heterocycles. The van der Waals surface area contributed by atoms with E-state index in [0.29, 0.717) is 17.7 Å². The summed E-state index contributed by atoms with van der Waals surface area (Å²) in [6.07, 6.45) is -2.46. The van der Waals surface area contributed by atoms with Gasteiger partial charge >= 0.3 is 12.3 Å². The maximum absolute atomic E-state index is 13.0. The molecule has 1 aliphatic rings. The zero-order valence-corrected chi connectivity index (χ0v) is 15.3. The maximum atomic E-state index is 13.0. The van der Waals surface area contributed by atoms with E-state index < -0.39 is 23.4 Å². The van der Waals surface area contributed by atoms with Gasteiger partial charge in [0.05, 0.1) is 16.3 Å². The van der Waals surface area contributed by atoms with Gasteiger partial charge in [0.15, 0.2) is 0 Å². The fourth-order valence-electron chi connectivity index (χ4n) is 2.47. The number of halogens is 3. The van der Waals surface area contributed by atoms with Crippen molar-refractivity contribution in [2.75, 3.05) is 6.26 Å². The largest absolute Gasteiger partial charge is 0.444 e. The Balaban J connectivity index is 2.27. The number of amides is 1. The smallest absolute Gasteiger partial charge is 0.416 e. The van der Waals surface area contributed by atoms with Crippen LogP contribution in [-0.2, 0) is 17.3 Å². The molecule has 1 aromatic carbocycles. The van der Waals surface area contributed by atoms with Gasteiger partial charge in [0.2, 0.25) is 0 Å². The zero-order chi connectivity index (χ0) is 18.8. The number of nitrogens with one attached hydrogen (secondary N) is 1. The molecule has 25 heavy (non-hydrogen) atoms. The lowest BCUT2D eigenvalue weighted by Crippen LogP contribution is -2.40. The van der Waals surface area contributed by atoms with E-state index in [1.54, 1.807) is 20.8 Å². The van der Waals surface area contributed by atoms with E-state index in [-0.39, 0.29) is 12.5 Å². The van der Waals surface area contributed by atoms with Crippen LogP contribution in [0.15, 0.2) is 23.2 Å². The average molecular weight is 374 g/mol. The van der Waals surface area contributed by atoms with Crippen molar-refractivity contribution in [2.45, 2.75) is 51.4 Å². The minimum absolute atomic E-state index is 0.256. The van der Waals surface area contributed by atoms with E-state index in [2.05, 4.69) is 10.3 Å². The molecule has 138 valence electrons. The van der Waals surface area contributed by atoms with Crippen molar-refractivity contribution in [3.05, 3.63) is 29.3 Å². The molecule has 1 amide bonds. The van der Waals surface area contributed by atoms with E-state index in [1.807, 2.05) is 6.26 Å². The summed E-state index contributed by atoms with van der Waals surface area (Å²) in [4.78, 5) is 16.4. The van der Waals surface area contributed by atoms with Crippen LogP contribution < -0.4 is 5.32 Å². The number of carbonyl (C=O) groups is 1. The molecule has 1 unspecified atom stereocenters. The molecule has 0 aliphatic carbocycles. The van der Waals surface area contributed by atoms with Crippen LogP contribution in [0.1, 0.15) is 38.3 Å². The Morgan fingerprint density at radius 2 is 1.96 bits per heavy atom.